The summed E-state index contributed by atoms with van der Waals surface area (Å²) in [6.45, 7) is 4.32. The zero-order valence-electron chi connectivity index (χ0n) is 14.5. The monoisotopic (exact) mass is 342 g/mol. The van der Waals surface area contributed by atoms with Crippen LogP contribution in [0.1, 0.15) is 24.2 Å². The van der Waals surface area contributed by atoms with Gasteiger partial charge in [-0.1, -0.05) is 26.0 Å². The molecule has 0 fully saturated rings. The van der Waals surface area contributed by atoms with Crippen molar-refractivity contribution in [2.45, 2.75) is 13.8 Å². The van der Waals surface area contributed by atoms with E-state index in [9.17, 15) is 9.59 Å². The molecule has 2 aromatic rings. The van der Waals surface area contributed by atoms with Crippen LogP contribution in [0, 0.1) is 5.92 Å². The van der Waals surface area contributed by atoms with Gasteiger partial charge in [0.05, 0.1) is 25.0 Å². The molecule has 6 heteroatoms. The lowest BCUT2D eigenvalue weighted by molar-refractivity contribution is 0.0459. The molecule has 0 radical (unpaired) electrons. The van der Waals surface area contributed by atoms with Gasteiger partial charge in [-0.15, -0.1) is 0 Å². The summed E-state index contributed by atoms with van der Waals surface area (Å²) in [5.74, 6) is 0.475. The van der Waals surface area contributed by atoms with Gasteiger partial charge in [-0.3, -0.25) is 0 Å². The fourth-order valence-electron chi connectivity index (χ4n) is 2.05. The predicted molar refractivity (Wildman–Crippen MR) is 97.2 cm³/mol. The Morgan fingerprint density at radius 2 is 1.68 bits per heavy atom. The Kier molecular flexibility index (Phi) is 6.39. The molecular weight excluding hydrogens is 320 g/mol. The minimum Gasteiger partial charge on any atom is -0.495 e. The number of carbonyl (C=O) groups excluding carboxylic acids is 2. The van der Waals surface area contributed by atoms with Gasteiger partial charge in [0.2, 0.25) is 0 Å². The number of para-hydroxylation sites is 2. The lowest BCUT2D eigenvalue weighted by Crippen LogP contribution is -2.19. The van der Waals surface area contributed by atoms with Crippen molar-refractivity contribution in [3.63, 3.8) is 0 Å². The second-order valence-corrected chi connectivity index (χ2v) is 5.85. The third kappa shape index (κ3) is 5.53. The normalized spacial score (nSPS) is 10.2. The minimum absolute atomic E-state index is 0.281. The fraction of sp³-hybridized carbons (Fsp3) is 0.263. The molecule has 2 aromatic carbocycles. The lowest BCUT2D eigenvalue weighted by Gasteiger charge is -2.11. The van der Waals surface area contributed by atoms with Gasteiger partial charge in [0, 0.05) is 5.69 Å². The highest BCUT2D eigenvalue weighted by atomic mass is 16.5. The van der Waals surface area contributed by atoms with Crippen LogP contribution < -0.4 is 15.4 Å². The summed E-state index contributed by atoms with van der Waals surface area (Å²) >= 11 is 0. The highest BCUT2D eigenvalue weighted by Crippen LogP contribution is 2.23. The molecule has 132 valence electrons. The average molecular weight is 342 g/mol. The third-order valence-corrected chi connectivity index (χ3v) is 3.28. The molecule has 0 saturated heterocycles. The number of carbonyl (C=O) groups is 2. The summed E-state index contributed by atoms with van der Waals surface area (Å²) in [5.41, 5.74) is 1.57. The summed E-state index contributed by atoms with van der Waals surface area (Å²) < 4.78 is 10.3. The van der Waals surface area contributed by atoms with Crippen LogP contribution in [-0.4, -0.2) is 25.7 Å². The first kappa shape index (κ1) is 18.3. The van der Waals surface area contributed by atoms with Gasteiger partial charge in [-0.2, -0.15) is 0 Å². The zero-order valence-corrected chi connectivity index (χ0v) is 14.5. The molecule has 2 N–H and O–H groups in total. The van der Waals surface area contributed by atoms with Gasteiger partial charge in [-0.25, -0.2) is 9.59 Å². The van der Waals surface area contributed by atoms with E-state index in [1.165, 1.54) is 7.11 Å². The van der Waals surface area contributed by atoms with Crippen LogP contribution in [0.3, 0.4) is 0 Å². The van der Waals surface area contributed by atoms with Gasteiger partial charge in [-0.05, 0) is 42.3 Å². The van der Waals surface area contributed by atoms with Crippen molar-refractivity contribution in [3.8, 4) is 5.75 Å². The topological polar surface area (TPSA) is 76.7 Å². The first-order valence-corrected chi connectivity index (χ1v) is 7.98. The average Bonchev–Trinajstić information content (AvgIpc) is 2.60. The van der Waals surface area contributed by atoms with Crippen LogP contribution in [0.4, 0.5) is 16.2 Å². The van der Waals surface area contributed by atoms with Gasteiger partial charge >= 0.3 is 12.0 Å². The number of nitrogens with one attached hydrogen (secondary N) is 2. The van der Waals surface area contributed by atoms with E-state index in [0.717, 1.165) is 0 Å². The number of rotatable bonds is 6. The van der Waals surface area contributed by atoms with Crippen LogP contribution in [0.25, 0.3) is 0 Å². The first-order valence-electron chi connectivity index (χ1n) is 7.98. The van der Waals surface area contributed by atoms with Crippen LogP contribution in [0.2, 0.25) is 0 Å². The van der Waals surface area contributed by atoms with Crippen LogP contribution in [-0.2, 0) is 4.74 Å². The minimum atomic E-state index is -0.403. The fourth-order valence-corrected chi connectivity index (χ4v) is 2.05. The number of urea groups is 1. The van der Waals surface area contributed by atoms with Gasteiger partial charge in [0.1, 0.15) is 5.75 Å². The Bertz CT molecular complexity index is 726. The number of amides is 2. The molecule has 0 unspecified atom stereocenters. The number of anilines is 2. The van der Waals surface area contributed by atoms with E-state index in [4.69, 9.17) is 9.47 Å². The van der Waals surface area contributed by atoms with Crippen molar-refractivity contribution in [1.29, 1.82) is 0 Å². The molecule has 0 heterocycles. The summed E-state index contributed by atoms with van der Waals surface area (Å²) in [7, 11) is 1.54. The van der Waals surface area contributed by atoms with E-state index < -0.39 is 6.03 Å². The van der Waals surface area contributed by atoms with Crippen LogP contribution in [0.5, 0.6) is 5.75 Å². The van der Waals surface area contributed by atoms with Crippen molar-refractivity contribution in [3.05, 3.63) is 54.1 Å². The highest BCUT2D eigenvalue weighted by molar-refractivity contribution is 6.01. The summed E-state index contributed by atoms with van der Waals surface area (Å²) in [6, 6.07) is 13.2. The number of ether oxygens (including phenoxy) is 2. The number of hydrogen-bond acceptors (Lipinski definition) is 4. The second kappa shape index (κ2) is 8.73. The zero-order chi connectivity index (χ0) is 18.2. The Morgan fingerprint density at radius 3 is 2.32 bits per heavy atom. The van der Waals surface area contributed by atoms with Crippen LogP contribution in [0.15, 0.2) is 48.5 Å². The van der Waals surface area contributed by atoms with Crippen molar-refractivity contribution in [2.75, 3.05) is 24.4 Å². The summed E-state index contributed by atoms with van der Waals surface area (Å²) in [6.07, 6.45) is 0. The lowest BCUT2D eigenvalue weighted by atomic mass is 10.2. The second-order valence-electron chi connectivity index (χ2n) is 5.85. The van der Waals surface area contributed by atoms with E-state index in [1.807, 2.05) is 19.9 Å². The van der Waals surface area contributed by atoms with Crippen molar-refractivity contribution < 1.29 is 19.1 Å². The Labute approximate surface area is 147 Å². The van der Waals surface area contributed by atoms with Gasteiger partial charge < -0.3 is 20.1 Å². The number of esters is 1. The summed E-state index contributed by atoms with van der Waals surface area (Å²) in [5, 5.41) is 5.41. The molecule has 0 spiro atoms. The van der Waals surface area contributed by atoms with E-state index in [-0.39, 0.29) is 11.9 Å². The molecule has 6 nitrogen and oxygen atoms in total. The molecule has 0 aromatic heterocycles. The van der Waals surface area contributed by atoms with Crippen molar-refractivity contribution in [2.24, 2.45) is 5.92 Å². The first-order chi connectivity index (χ1) is 12.0. The Hall–Kier alpha value is -3.02. The summed E-state index contributed by atoms with van der Waals surface area (Å²) in [4.78, 5) is 23.9. The quantitative estimate of drug-likeness (QED) is 0.773. The van der Waals surface area contributed by atoms with Gasteiger partial charge in [0.25, 0.3) is 0 Å². The van der Waals surface area contributed by atoms with E-state index in [1.54, 1.807) is 42.5 Å². The molecule has 0 aliphatic rings. The SMILES string of the molecule is COc1ccccc1NC(=O)Nc1ccc(C(=O)OCC(C)C)cc1. The van der Waals surface area contributed by atoms with Crippen molar-refractivity contribution >= 4 is 23.4 Å². The maximum atomic E-state index is 12.1. The molecular formula is C19H22N2O4. The maximum absolute atomic E-state index is 12.1. The Morgan fingerprint density at radius 1 is 1.00 bits per heavy atom. The molecule has 0 aliphatic heterocycles. The highest BCUT2D eigenvalue weighted by Gasteiger charge is 2.10. The Balaban J connectivity index is 1.94. The van der Waals surface area contributed by atoms with Crippen molar-refractivity contribution in [1.82, 2.24) is 0 Å². The third-order valence-electron chi connectivity index (χ3n) is 3.28. The molecule has 0 saturated carbocycles. The molecule has 0 bridgehead atoms. The number of benzene rings is 2. The molecule has 0 aliphatic carbocycles. The van der Waals surface area contributed by atoms with Gasteiger partial charge in [0.15, 0.2) is 0 Å². The largest absolute Gasteiger partial charge is 0.495 e. The van der Waals surface area contributed by atoms with Crippen LogP contribution >= 0.6 is 0 Å². The standard InChI is InChI=1S/C19H22N2O4/c1-13(2)12-25-18(22)14-8-10-15(11-9-14)20-19(23)21-16-6-4-5-7-17(16)24-3/h4-11,13H,12H2,1-3H3,(H2,20,21,23). The van der Waals surface area contributed by atoms with E-state index in [0.29, 0.717) is 29.3 Å². The number of methoxy groups -OCH3 is 1. The predicted octanol–water partition coefficient (Wildman–Crippen LogP) is 4.15. The van der Waals surface area contributed by atoms with E-state index in [2.05, 4.69) is 10.6 Å². The molecule has 2 rings (SSSR count). The smallest absolute Gasteiger partial charge is 0.338 e. The number of hydrogen-bond donors (Lipinski definition) is 2. The van der Waals surface area contributed by atoms with E-state index >= 15 is 0 Å². The molecule has 2 amide bonds. The molecule has 25 heavy (non-hydrogen) atoms. The molecule has 0 atom stereocenters. The maximum Gasteiger partial charge on any atom is 0.338 e.